The van der Waals surface area contributed by atoms with E-state index in [-0.39, 0.29) is 0 Å². The SMILES string of the molecule is Cc1c[nH]c2ncnc(Oc3ccc(CCN)cc3)c12. The normalized spacial score (nSPS) is 10.9. The minimum absolute atomic E-state index is 0.570. The first kappa shape index (κ1) is 12.6. The molecule has 1 aromatic carbocycles. The molecule has 3 aromatic rings. The smallest absolute Gasteiger partial charge is 0.232 e. The molecule has 0 fully saturated rings. The van der Waals surface area contributed by atoms with Crippen molar-refractivity contribution in [2.45, 2.75) is 13.3 Å². The van der Waals surface area contributed by atoms with Gasteiger partial charge in [0.1, 0.15) is 17.7 Å². The lowest BCUT2D eigenvalue weighted by Gasteiger charge is -2.07. The van der Waals surface area contributed by atoms with Gasteiger partial charge in [-0.2, -0.15) is 0 Å². The Hall–Kier alpha value is -2.40. The van der Waals surface area contributed by atoms with Crippen LogP contribution in [0.15, 0.2) is 36.8 Å². The van der Waals surface area contributed by atoms with E-state index < -0.39 is 0 Å². The topological polar surface area (TPSA) is 76.8 Å². The number of nitrogens with one attached hydrogen (secondary N) is 1. The van der Waals surface area contributed by atoms with Crippen LogP contribution in [0.2, 0.25) is 0 Å². The summed E-state index contributed by atoms with van der Waals surface area (Å²) in [4.78, 5) is 11.5. The molecule has 5 heteroatoms. The van der Waals surface area contributed by atoms with Crippen molar-refractivity contribution in [2.75, 3.05) is 6.54 Å². The average Bonchev–Trinajstić information content (AvgIpc) is 2.84. The van der Waals surface area contributed by atoms with Gasteiger partial charge in [0.2, 0.25) is 5.88 Å². The number of nitrogens with two attached hydrogens (primary N) is 1. The number of aryl methyl sites for hydroxylation is 1. The van der Waals surface area contributed by atoms with Crippen molar-refractivity contribution in [3.63, 3.8) is 0 Å². The molecule has 0 atom stereocenters. The van der Waals surface area contributed by atoms with E-state index in [9.17, 15) is 0 Å². The highest BCUT2D eigenvalue weighted by Crippen LogP contribution is 2.28. The van der Waals surface area contributed by atoms with Gasteiger partial charge < -0.3 is 15.5 Å². The zero-order chi connectivity index (χ0) is 13.9. The molecule has 0 aliphatic heterocycles. The van der Waals surface area contributed by atoms with Crippen LogP contribution in [0.25, 0.3) is 11.0 Å². The standard InChI is InChI=1S/C15H16N4O/c1-10-8-17-14-13(10)15(19-9-18-14)20-12-4-2-11(3-5-12)6-7-16/h2-5,8-9H,6-7,16H2,1H3,(H,17,18,19). The zero-order valence-corrected chi connectivity index (χ0v) is 11.3. The van der Waals surface area contributed by atoms with E-state index in [0.717, 1.165) is 28.8 Å². The molecule has 0 bridgehead atoms. The number of fused-ring (bicyclic) bond motifs is 1. The molecule has 0 aliphatic rings. The number of aromatic nitrogens is 3. The molecule has 0 radical (unpaired) electrons. The van der Waals surface area contributed by atoms with Gasteiger partial charge in [0, 0.05) is 6.20 Å². The van der Waals surface area contributed by atoms with E-state index in [1.54, 1.807) is 0 Å². The third-order valence-electron chi connectivity index (χ3n) is 3.20. The molecular weight excluding hydrogens is 252 g/mol. The van der Waals surface area contributed by atoms with Crippen LogP contribution < -0.4 is 10.5 Å². The monoisotopic (exact) mass is 268 g/mol. The van der Waals surface area contributed by atoms with Crippen LogP contribution in [-0.2, 0) is 6.42 Å². The Labute approximate surface area is 116 Å². The van der Waals surface area contributed by atoms with Crippen LogP contribution in [0.1, 0.15) is 11.1 Å². The van der Waals surface area contributed by atoms with Gasteiger partial charge in [-0.25, -0.2) is 9.97 Å². The fraction of sp³-hybridized carbons (Fsp3) is 0.200. The summed E-state index contributed by atoms with van der Waals surface area (Å²) in [6.07, 6.45) is 4.27. The molecule has 0 saturated carbocycles. The Morgan fingerprint density at radius 2 is 2.00 bits per heavy atom. The molecule has 0 saturated heterocycles. The quantitative estimate of drug-likeness (QED) is 0.762. The Morgan fingerprint density at radius 3 is 2.75 bits per heavy atom. The van der Waals surface area contributed by atoms with Crippen LogP contribution in [-0.4, -0.2) is 21.5 Å². The zero-order valence-electron chi connectivity index (χ0n) is 11.3. The Morgan fingerprint density at radius 1 is 1.20 bits per heavy atom. The summed E-state index contributed by atoms with van der Waals surface area (Å²) in [7, 11) is 0. The largest absolute Gasteiger partial charge is 0.438 e. The van der Waals surface area contributed by atoms with Gasteiger partial charge in [-0.05, 0) is 43.1 Å². The Balaban J connectivity index is 1.91. The minimum Gasteiger partial charge on any atom is -0.438 e. The predicted molar refractivity (Wildman–Crippen MR) is 77.9 cm³/mol. The van der Waals surface area contributed by atoms with E-state index in [1.807, 2.05) is 37.4 Å². The summed E-state index contributed by atoms with van der Waals surface area (Å²) in [5, 5.41) is 0.915. The predicted octanol–water partition coefficient (Wildman–Crippen LogP) is 2.56. The first-order valence-corrected chi connectivity index (χ1v) is 6.53. The highest BCUT2D eigenvalue weighted by Gasteiger charge is 2.10. The summed E-state index contributed by atoms with van der Waals surface area (Å²) in [6.45, 7) is 2.65. The number of hydrogen-bond acceptors (Lipinski definition) is 4. The van der Waals surface area contributed by atoms with Gasteiger partial charge in [0.05, 0.1) is 5.39 Å². The van der Waals surface area contributed by atoms with Gasteiger partial charge in [-0.15, -0.1) is 0 Å². The third-order valence-corrected chi connectivity index (χ3v) is 3.20. The van der Waals surface area contributed by atoms with Crippen LogP contribution in [0, 0.1) is 6.92 Å². The lowest BCUT2D eigenvalue weighted by Crippen LogP contribution is -2.02. The van der Waals surface area contributed by atoms with E-state index in [1.165, 1.54) is 11.9 Å². The van der Waals surface area contributed by atoms with Gasteiger partial charge >= 0.3 is 0 Å². The Bertz CT molecular complexity index is 718. The molecule has 0 spiro atoms. The third kappa shape index (κ3) is 2.35. The summed E-state index contributed by atoms with van der Waals surface area (Å²) in [5.74, 6) is 1.33. The molecule has 0 amide bonds. The van der Waals surface area contributed by atoms with Crippen molar-refractivity contribution < 1.29 is 4.74 Å². The lowest BCUT2D eigenvalue weighted by molar-refractivity contribution is 0.468. The molecule has 20 heavy (non-hydrogen) atoms. The lowest BCUT2D eigenvalue weighted by atomic mass is 10.1. The number of nitrogens with zero attached hydrogens (tertiary/aromatic N) is 2. The van der Waals surface area contributed by atoms with Crippen LogP contribution in [0.4, 0.5) is 0 Å². The average molecular weight is 268 g/mol. The number of aromatic amines is 1. The van der Waals surface area contributed by atoms with Crippen molar-refractivity contribution in [1.29, 1.82) is 0 Å². The molecule has 0 unspecified atom stereocenters. The van der Waals surface area contributed by atoms with Crippen LogP contribution >= 0.6 is 0 Å². The molecule has 2 heterocycles. The summed E-state index contributed by atoms with van der Waals surface area (Å²) in [5.41, 5.74) is 8.59. The molecule has 2 aromatic heterocycles. The maximum absolute atomic E-state index is 5.86. The maximum atomic E-state index is 5.86. The van der Waals surface area contributed by atoms with Crippen molar-refractivity contribution in [1.82, 2.24) is 15.0 Å². The minimum atomic E-state index is 0.570. The molecule has 102 valence electrons. The molecule has 3 rings (SSSR count). The molecule has 0 aliphatic carbocycles. The second-order valence-electron chi connectivity index (χ2n) is 4.66. The van der Waals surface area contributed by atoms with Crippen molar-refractivity contribution in [3.05, 3.63) is 47.9 Å². The van der Waals surface area contributed by atoms with E-state index in [0.29, 0.717) is 12.4 Å². The maximum Gasteiger partial charge on any atom is 0.232 e. The van der Waals surface area contributed by atoms with E-state index >= 15 is 0 Å². The fourth-order valence-electron chi connectivity index (χ4n) is 2.16. The molecule has 3 N–H and O–H groups in total. The van der Waals surface area contributed by atoms with Crippen LogP contribution in [0.3, 0.4) is 0 Å². The number of ether oxygens (including phenoxy) is 1. The van der Waals surface area contributed by atoms with Gasteiger partial charge in [-0.1, -0.05) is 12.1 Å². The second-order valence-corrected chi connectivity index (χ2v) is 4.66. The van der Waals surface area contributed by atoms with Gasteiger partial charge in [0.25, 0.3) is 0 Å². The molecule has 5 nitrogen and oxygen atoms in total. The van der Waals surface area contributed by atoms with Crippen LogP contribution in [0.5, 0.6) is 11.6 Å². The number of rotatable bonds is 4. The molecular formula is C15H16N4O. The first-order valence-electron chi connectivity index (χ1n) is 6.53. The number of H-pyrrole nitrogens is 1. The van der Waals surface area contributed by atoms with Gasteiger partial charge in [0.15, 0.2) is 0 Å². The second kappa shape index (κ2) is 5.30. The Kier molecular flexibility index (Phi) is 3.35. The van der Waals surface area contributed by atoms with Crippen molar-refractivity contribution in [2.24, 2.45) is 5.73 Å². The number of hydrogen-bond donors (Lipinski definition) is 2. The highest BCUT2D eigenvalue weighted by molar-refractivity contribution is 5.84. The number of benzene rings is 1. The summed E-state index contributed by atoms with van der Waals surface area (Å²) >= 11 is 0. The van der Waals surface area contributed by atoms with E-state index in [4.69, 9.17) is 10.5 Å². The first-order chi connectivity index (χ1) is 9.78. The highest BCUT2D eigenvalue weighted by atomic mass is 16.5. The van der Waals surface area contributed by atoms with Gasteiger partial charge in [-0.3, -0.25) is 0 Å². The fourth-order valence-corrected chi connectivity index (χ4v) is 2.16. The van der Waals surface area contributed by atoms with E-state index in [2.05, 4.69) is 15.0 Å². The van der Waals surface area contributed by atoms with Crippen molar-refractivity contribution in [3.8, 4) is 11.6 Å². The van der Waals surface area contributed by atoms with Crippen molar-refractivity contribution >= 4 is 11.0 Å². The summed E-state index contributed by atoms with van der Waals surface area (Å²) < 4.78 is 5.86. The summed E-state index contributed by atoms with van der Waals surface area (Å²) in [6, 6.07) is 7.90.